The van der Waals surface area contributed by atoms with E-state index in [0.717, 1.165) is 36.3 Å². The highest BCUT2D eigenvalue weighted by molar-refractivity contribution is 5.49. The molecule has 0 bridgehead atoms. The van der Waals surface area contributed by atoms with Crippen molar-refractivity contribution in [2.24, 2.45) is 5.92 Å². The Balaban J connectivity index is 2.03. The Morgan fingerprint density at radius 3 is 2.65 bits per heavy atom. The van der Waals surface area contributed by atoms with Crippen LogP contribution in [0.25, 0.3) is 0 Å². The molecule has 0 radical (unpaired) electrons. The molecule has 0 saturated heterocycles. The Kier molecular flexibility index (Phi) is 2.71. The summed E-state index contributed by atoms with van der Waals surface area (Å²) in [5.41, 5.74) is 2.24. The number of fused-ring (bicyclic) bond motifs is 2. The summed E-state index contributed by atoms with van der Waals surface area (Å²) in [5.74, 6) is 2.18. The van der Waals surface area contributed by atoms with E-state index in [0.29, 0.717) is 19.1 Å². The zero-order chi connectivity index (χ0) is 11.8. The van der Waals surface area contributed by atoms with Gasteiger partial charge in [-0.3, -0.25) is 0 Å². The molecule has 1 aliphatic heterocycles. The molecule has 2 atom stereocenters. The van der Waals surface area contributed by atoms with Gasteiger partial charge in [-0.15, -0.1) is 0 Å². The van der Waals surface area contributed by atoms with Gasteiger partial charge in [0.15, 0.2) is 11.5 Å². The van der Waals surface area contributed by atoms with Gasteiger partial charge in [0, 0.05) is 0 Å². The molecule has 1 aromatic carbocycles. The molecular formula is C14H18O3. The molecule has 1 N–H and O–H groups in total. The SMILES string of the molecule is CC1CCc2cc3c(cc2C(O)C1)OCCO3. The predicted molar refractivity (Wildman–Crippen MR) is 64.5 cm³/mol. The second kappa shape index (κ2) is 4.22. The topological polar surface area (TPSA) is 38.7 Å². The first kappa shape index (κ1) is 10.9. The molecule has 1 heterocycles. The van der Waals surface area contributed by atoms with Gasteiger partial charge in [-0.05, 0) is 48.4 Å². The quantitative estimate of drug-likeness (QED) is 0.701. The summed E-state index contributed by atoms with van der Waals surface area (Å²) in [6.07, 6.45) is 2.62. The fourth-order valence-corrected chi connectivity index (χ4v) is 2.70. The van der Waals surface area contributed by atoms with Crippen LogP contribution >= 0.6 is 0 Å². The second-order valence-electron chi connectivity index (χ2n) is 5.09. The number of hydrogen-bond donors (Lipinski definition) is 1. The summed E-state index contributed by atoms with van der Waals surface area (Å²) in [5, 5.41) is 10.2. The largest absolute Gasteiger partial charge is 0.486 e. The molecule has 1 aliphatic carbocycles. The zero-order valence-electron chi connectivity index (χ0n) is 10.1. The van der Waals surface area contributed by atoms with Gasteiger partial charge in [-0.1, -0.05) is 6.92 Å². The molecule has 3 rings (SSSR count). The van der Waals surface area contributed by atoms with Crippen LogP contribution in [0.4, 0.5) is 0 Å². The van der Waals surface area contributed by atoms with Crippen molar-refractivity contribution in [1.29, 1.82) is 0 Å². The maximum absolute atomic E-state index is 10.2. The highest BCUT2D eigenvalue weighted by Crippen LogP contribution is 2.39. The minimum Gasteiger partial charge on any atom is -0.486 e. The smallest absolute Gasteiger partial charge is 0.161 e. The van der Waals surface area contributed by atoms with Crippen molar-refractivity contribution in [1.82, 2.24) is 0 Å². The Morgan fingerprint density at radius 2 is 1.88 bits per heavy atom. The lowest BCUT2D eigenvalue weighted by Gasteiger charge is -2.22. The Labute approximate surface area is 101 Å². The standard InChI is InChI=1S/C14H18O3/c1-9-2-3-10-7-13-14(17-5-4-16-13)8-11(10)12(15)6-9/h7-9,12,15H,2-6H2,1H3. The molecular weight excluding hydrogens is 216 g/mol. The number of rotatable bonds is 0. The summed E-state index contributed by atoms with van der Waals surface area (Å²) >= 11 is 0. The number of aryl methyl sites for hydroxylation is 1. The minimum atomic E-state index is -0.363. The van der Waals surface area contributed by atoms with Crippen LogP contribution in [-0.4, -0.2) is 18.3 Å². The summed E-state index contributed by atoms with van der Waals surface area (Å²) in [7, 11) is 0. The van der Waals surface area contributed by atoms with E-state index < -0.39 is 0 Å². The van der Waals surface area contributed by atoms with Crippen molar-refractivity contribution in [2.75, 3.05) is 13.2 Å². The average Bonchev–Trinajstić information content (AvgIpc) is 2.47. The van der Waals surface area contributed by atoms with Gasteiger partial charge in [0.1, 0.15) is 13.2 Å². The molecule has 92 valence electrons. The van der Waals surface area contributed by atoms with Gasteiger partial charge in [0.2, 0.25) is 0 Å². The number of benzene rings is 1. The molecule has 3 heteroatoms. The highest BCUT2D eigenvalue weighted by atomic mass is 16.6. The van der Waals surface area contributed by atoms with E-state index in [4.69, 9.17) is 9.47 Å². The van der Waals surface area contributed by atoms with Crippen molar-refractivity contribution < 1.29 is 14.6 Å². The normalized spacial score (nSPS) is 27.2. The predicted octanol–water partition coefficient (Wildman–Crippen LogP) is 2.46. The van der Waals surface area contributed by atoms with Crippen molar-refractivity contribution in [3.05, 3.63) is 23.3 Å². The lowest BCUT2D eigenvalue weighted by atomic mass is 9.99. The number of ether oxygens (including phenoxy) is 2. The van der Waals surface area contributed by atoms with Crippen LogP contribution < -0.4 is 9.47 Å². The molecule has 3 nitrogen and oxygen atoms in total. The molecule has 2 unspecified atom stereocenters. The van der Waals surface area contributed by atoms with Gasteiger partial charge >= 0.3 is 0 Å². The van der Waals surface area contributed by atoms with Crippen LogP contribution in [0.1, 0.15) is 37.0 Å². The third-order valence-corrected chi connectivity index (χ3v) is 3.70. The highest BCUT2D eigenvalue weighted by Gasteiger charge is 2.24. The zero-order valence-corrected chi connectivity index (χ0v) is 10.1. The summed E-state index contributed by atoms with van der Waals surface area (Å²) in [6.45, 7) is 3.41. The Bertz CT molecular complexity index is 428. The van der Waals surface area contributed by atoms with E-state index in [1.807, 2.05) is 12.1 Å². The number of aliphatic hydroxyl groups excluding tert-OH is 1. The molecule has 1 aromatic rings. The lowest BCUT2D eigenvalue weighted by molar-refractivity contribution is 0.147. The Hall–Kier alpha value is -1.22. The lowest BCUT2D eigenvalue weighted by Crippen LogP contribution is -2.16. The van der Waals surface area contributed by atoms with Crippen LogP contribution in [0.2, 0.25) is 0 Å². The third kappa shape index (κ3) is 2.00. The number of aliphatic hydroxyl groups is 1. The van der Waals surface area contributed by atoms with E-state index in [-0.39, 0.29) is 6.10 Å². The Morgan fingerprint density at radius 1 is 1.18 bits per heavy atom. The maximum atomic E-state index is 10.2. The van der Waals surface area contributed by atoms with Crippen LogP contribution in [0.5, 0.6) is 11.5 Å². The molecule has 0 amide bonds. The summed E-state index contributed by atoms with van der Waals surface area (Å²) in [4.78, 5) is 0. The monoisotopic (exact) mass is 234 g/mol. The summed E-state index contributed by atoms with van der Waals surface area (Å²) in [6, 6.07) is 4.01. The summed E-state index contributed by atoms with van der Waals surface area (Å²) < 4.78 is 11.2. The van der Waals surface area contributed by atoms with E-state index >= 15 is 0 Å². The van der Waals surface area contributed by atoms with Gasteiger partial charge in [0.05, 0.1) is 6.10 Å². The maximum Gasteiger partial charge on any atom is 0.161 e. The van der Waals surface area contributed by atoms with Crippen LogP contribution in [0.3, 0.4) is 0 Å². The first-order chi connectivity index (χ1) is 8.24. The van der Waals surface area contributed by atoms with Crippen LogP contribution in [-0.2, 0) is 6.42 Å². The first-order valence-corrected chi connectivity index (χ1v) is 6.34. The molecule has 0 spiro atoms. The third-order valence-electron chi connectivity index (χ3n) is 3.70. The van der Waals surface area contributed by atoms with Crippen molar-refractivity contribution in [2.45, 2.75) is 32.3 Å². The van der Waals surface area contributed by atoms with E-state index in [9.17, 15) is 5.11 Å². The van der Waals surface area contributed by atoms with Crippen LogP contribution in [0, 0.1) is 5.92 Å². The fourth-order valence-electron chi connectivity index (χ4n) is 2.70. The van der Waals surface area contributed by atoms with Gasteiger partial charge in [-0.25, -0.2) is 0 Å². The van der Waals surface area contributed by atoms with Gasteiger partial charge in [-0.2, -0.15) is 0 Å². The van der Waals surface area contributed by atoms with Crippen molar-refractivity contribution >= 4 is 0 Å². The van der Waals surface area contributed by atoms with Crippen molar-refractivity contribution in [3.63, 3.8) is 0 Å². The van der Waals surface area contributed by atoms with Crippen LogP contribution in [0.15, 0.2) is 12.1 Å². The number of hydrogen-bond acceptors (Lipinski definition) is 3. The molecule has 2 aliphatic rings. The minimum absolute atomic E-state index is 0.363. The fraction of sp³-hybridized carbons (Fsp3) is 0.571. The first-order valence-electron chi connectivity index (χ1n) is 6.34. The van der Waals surface area contributed by atoms with E-state index in [1.54, 1.807) is 0 Å². The van der Waals surface area contributed by atoms with Gasteiger partial charge in [0.25, 0.3) is 0 Å². The van der Waals surface area contributed by atoms with E-state index in [1.165, 1.54) is 5.56 Å². The van der Waals surface area contributed by atoms with Crippen molar-refractivity contribution in [3.8, 4) is 11.5 Å². The molecule has 17 heavy (non-hydrogen) atoms. The van der Waals surface area contributed by atoms with E-state index in [2.05, 4.69) is 6.92 Å². The average molecular weight is 234 g/mol. The molecule has 0 fully saturated rings. The molecule has 0 saturated carbocycles. The van der Waals surface area contributed by atoms with Gasteiger partial charge < -0.3 is 14.6 Å². The molecule has 0 aromatic heterocycles. The second-order valence-corrected chi connectivity index (χ2v) is 5.09.